The first-order valence-corrected chi connectivity index (χ1v) is 10.0. The molecule has 0 saturated carbocycles. The highest BCUT2D eigenvalue weighted by Gasteiger charge is 2.14. The quantitative estimate of drug-likeness (QED) is 0.352. The van der Waals surface area contributed by atoms with Gasteiger partial charge in [-0.25, -0.2) is 9.59 Å². The molecule has 6 nitrogen and oxygen atoms in total. The van der Waals surface area contributed by atoms with E-state index in [-0.39, 0.29) is 16.8 Å². The number of carbonyl (C=O) groups excluding carboxylic acids is 2. The zero-order valence-corrected chi connectivity index (χ0v) is 18.0. The molecular weight excluding hydrogens is 443 g/mol. The number of hydrogen-bond donors (Lipinski definition) is 2. The predicted molar refractivity (Wildman–Crippen MR) is 117 cm³/mol. The third-order valence-corrected chi connectivity index (χ3v) is 4.88. The molecular formula is C18H16Cl2N2O4S2. The molecule has 0 radical (unpaired) electrons. The summed E-state index contributed by atoms with van der Waals surface area (Å²) in [4.78, 5) is 23.4. The molecule has 0 fully saturated rings. The van der Waals surface area contributed by atoms with Crippen LogP contribution in [0, 0.1) is 0 Å². The summed E-state index contributed by atoms with van der Waals surface area (Å²) in [7, 11) is 1.31. The summed E-state index contributed by atoms with van der Waals surface area (Å²) in [5, 5.41) is 9.91. The highest BCUT2D eigenvalue weighted by Crippen LogP contribution is 2.25. The zero-order chi connectivity index (χ0) is 20.7. The van der Waals surface area contributed by atoms with Gasteiger partial charge in [0, 0.05) is 21.5 Å². The second-order valence-electron chi connectivity index (χ2n) is 5.22. The van der Waals surface area contributed by atoms with Crippen LogP contribution >= 0.6 is 46.8 Å². The lowest BCUT2D eigenvalue weighted by atomic mass is 10.2. The summed E-state index contributed by atoms with van der Waals surface area (Å²) < 4.78 is 9.57. The fourth-order valence-corrected chi connectivity index (χ4v) is 3.40. The van der Waals surface area contributed by atoms with Crippen LogP contribution in [0.25, 0.3) is 6.08 Å². The van der Waals surface area contributed by atoms with E-state index < -0.39 is 11.9 Å². The molecule has 0 aliphatic carbocycles. The Morgan fingerprint density at radius 3 is 2.71 bits per heavy atom. The van der Waals surface area contributed by atoms with E-state index in [4.69, 9.17) is 44.9 Å². The van der Waals surface area contributed by atoms with E-state index >= 15 is 0 Å². The van der Waals surface area contributed by atoms with E-state index in [9.17, 15) is 9.59 Å². The van der Waals surface area contributed by atoms with Gasteiger partial charge in [0.25, 0.3) is 0 Å². The first-order chi connectivity index (χ1) is 13.3. The van der Waals surface area contributed by atoms with Gasteiger partial charge in [0.15, 0.2) is 5.11 Å². The van der Waals surface area contributed by atoms with Gasteiger partial charge in [-0.15, -0.1) is 11.3 Å². The Bertz CT molecular complexity index is 928. The molecule has 0 amide bonds. The molecule has 10 heteroatoms. The van der Waals surface area contributed by atoms with E-state index in [0.29, 0.717) is 27.5 Å². The van der Waals surface area contributed by atoms with Crippen LogP contribution in [-0.4, -0.2) is 30.8 Å². The van der Waals surface area contributed by atoms with Gasteiger partial charge < -0.3 is 20.1 Å². The van der Waals surface area contributed by atoms with Crippen LogP contribution < -0.4 is 10.6 Å². The number of thiophene rings is 1. The van der Waals surface area contributed by atoms with Crippen molar-refractivity contribution >= 4 is 81.3 Å². The third-order valence-electron chi connectivity index (χ3n) is 3.32. The van der Waals surface area contributed by atoms with Crippen LogP contribution in [0.15, 0.2) is 34.0 Å². The Labute approximate surface area is 181 Å². The summed E-state index contributed by atoms with van der Waals surface area (Å²) in [6, 6.07) is 5.02. The van der Waals surface area contributed by atoms with Crippen molar-refractivity contribution in [2.75, 3.05) is 24.4 Å². The summed E-state index contributed by atoms with van der Waals surface area (Å²) >= 11 is 18.8. The van der Waals surface area contributed by atoms with Gasteiger partial charge in [0.1, 0.15) is 5.03 Å². The molecule has 0 saturated heterocycles. The van der Waals surface area contributed by atoms with E-state index in [1.165, 1.54) is 24.5 Å². The Hall–Kier alpha value is -2.13. The minimum Gasteiger partial charge on any atom is -0.465 e. The molecule has 0 unspecified atom stereocenters. The van der Waals surface area contributed by atoms with Crippen LogP contribution in [0.3, 0.4) is 0 Å². The van der Waals surface area contributed by atoms with Crippen molar-refractivity contribution in [1.29, 1.82) is 0 Å². The number of rotatable bonds is 6. The van der Waals surface area contributed by atoms with Crippen molar-refractivity contribution in [1.82, 2.24) is 0 Å². The molecule has 2 N–H and O–H groups in total. The lowest BCUT2D eigenvalue weighted by molar-refractivity contribution is -0.137. The summed E-state index contributed by atoms with van der Waals surface area (Å²) in [5.74, 6) is -1.09. The monoisotopic (exact) mass is 458 g/mol. The van der Waals surface area contributed by atoms with Crippen molar-refractivity contribution in [2.24, 2.45) is 0 Å². The number of nitrogens with one attached hydrogen (secondary N) is 2. The van der Waals surface area contributed by atoms with Gasteiger partial charge in [-0.05, 0) is 49.0 Å². The lowest BCUT2D eigenvalue weighted by Crippen LogP contribution is -2.20. The number of anilines is 2. The Balaban J connectivity index is 2.14. The van der Waals surface area contributed by atoms with Crippen molar-refractivity contribution < 1.29 is 19.1 Å². The number of benzene rings is 1. The molecule has 1 heterocycles. The highest BCUT2D eigenvalue weighted by atomic mass is 35.5. The van der Waals surface area contributed by atoms with E-state index in [2.05, 4.69) is 10.6 Å². The zero-order valence-electron chi connectivity index (χ0n) is 14.9. The summed E-state index contributed by atoms with van der Waals surface area (Å²) in [6.45, 7) is 1.90. The van der Waals surface area contributed by atoms with Crippen molar-refractivity contribution in [2.45, 2.75) is 6.92 Å². The first kappa shape index (κ1) is 22.2. The topological polar surface area (TPSA) is 76.7 Å². The number of halogens is 2. The SMILES string of the molecule is CCOC(=O)C(Cl)=Cc1cc(NC(=S)Nc2cscc2C(=O)OC)ccc1Cl. The maximum absolute atomic E-state index is 11.7. The maximum Gasteiger partial charge on any atom is 0.349 e. The second-order valence-corrected chi connectivity index (χ2v) is 7.19. The molecule has 0 aliphatic heterocycles. The number of methoxy groups -OCH3 is 1. The highest BCUT2D eigenvalue weighted by molar-refractivity contribution is 7.80. The standard InChI is InChI=1S/C18H16Cl2N2O4S2/c1-3-26-17(24)14(20)7-10-6-11(4-5-13(10)19)21-18(27)22-15-9-28-8-12(15)16(23)25-2/h4-9H,3H2,1-2H3,(H2,21,22,27). The number of ether oxygens (including phenoxy) is 2. The van der Waals surface area contributed by atoms with Crippen LogP contribution in [0.5, 0.6) is 0 Å². The molecule has 0 bridgehead atoms. The largest absolute Gasteiger partial charge is 0.465 e. The molecule has 0 spiro atoms. The molecule has 2 rings (SSSR count). The summed E-state index contributed by atoms with van der Waals surface area (Å²) in [5.41, 5.74) is 2.04. The van der Waals surface area contributed by atoms with Gasteiger partial charge in [-0.3, -0.25) is 0 Å². The molecule has 0 atom stereocenters. The molecule has 0 aliphatic rings. The predicted octanol–water partition coefficient (Wildman–Crippen LogP) is 5.14. The minimum atomic E-state index is -0.636. The summed E-state index contributed by atoms with van der Waals surface area (Å²) in [6.07, 6.45) is 1.41. The van der Waals surface area contributed by atoms with E-state index in [1.54, 1.807) is 35.9 Å². The van der Waals surface area contributed by atoms with Gasteiger partial charge >= 0.3 is 11.9 Å². The average molecular weight is 459 g/mol. The Kier molecular flexibility index (Phi) is 8.25. The fourth-order valence-electron chi connectivity index (χ4n) is 2.07. The lowest BCUT2D eigenvalue weighted by Gasteiger charge is -2.12. The number of carbonyl (C=O) groups is 2. The first-order valence-electron chi connectivity index (χ1n) is 7.92. The fraction of sp³-hybridized carbons (Fsp3) is 0.167. The molecule has 28 heavy (non-hydrogen) atoms. The number of esters is 2. The molecule has 2 aromatic rings. The Morgan fingerprint density at radius 2 is 2.04 bits per heavy atom. The Morgan fingerprint density at radius 1 is 1.29 bits per heavy atom. The second kappa shape index (κ2) is 10.4. The van der Waals surface area contributed by atoms with Crippen molar-refractivity contribution in [3.63, 3.8) is 0 Å². The van der Waals surface area contributed by atoms with Gasteiger partial charge in [0.2, 0.25) is 0 Å². The minimum absolute atomic E-state index is 0.0948. The normalized spacial score (nSPS) is 10.9. The van der Waals surface area contributed by atoms with Crippen LogP contribution in [0.4, 0.5) is 11.4 Å². The van der Waals surface area contributed by atoms with Crippen LogP contribution in [0.1, 0.15) is 22.8 Å². The van der Waals surface area contributed by atoms with Gasteiger partial charge in [0.05, 0.1) is 25.0 Å². The maximum atomic E-state index is 11.7. The van der Waals surface area contributed by atoms with E-state index in [0.717, 1.165) is 0 Å². The smallest absolute Gasteiger partial charge is 0.349 e. The van der Waals surface area contributed by atoms with Crippen molar-refractivity contribution in [3.8, 4) is 0 Å². The number of hydrogen-bond acceptors (Lipinski definition) is 6. The van der Waals surface area contributed by atoms with Crippen LogP contribution in [0.2, 0.25) is 5.02 Å². The van der Waals surface area contributed by atoms with Crippen molar-refractivity contribution in [3.05, 3.63) is 50.1 Å². The van der Waals surface area contributed by atoms with Gasteiger partial charge in [-0.2, -0.15) is 0 Å². The molecule has 148 valence electrons. The average Bonchev–Trinajstić information content (AvgIpc) is 3.11. The van der Waals surface area contributed by atoms with Gasteiger partial charge in [-0.1, -0.05) is 23.2 Å². The third kappa shape index (κ3) is 5.93. The molecule has 1 aromatic carbocycles. The molecule has 1 aromatic heterocycles. The van der Waals surface area contributed by atoms with E-state index in [1.807, 2.05) is 0 Å². The number of thiocarbonyl (C=S) groups is 1. The van der Waals surface area contributed by atoms with Crippen LogP contribution in [-0.2, 0) is 14.3 Å².